The lowest BCUT2D eigenvalue weighted by molar-refractivity contribution is -0.143. The van der Waals surface area contributed by atoms with E-state index in [1.165, 1.54) is 0 Å². The number of benzene rings is 2. The van der Waals surface area contributed by atoms with Gasteiger partial charge in [-0.15, -0.1) is 0 Å². The molecule has 0 aliphatic carbocycles. The van der Waals surface area contributed by atoms with Gasteiger partial charge in [0.25, 0.3) is 5.91 Å². The first-order chi connectivity index (χ1) is 14.9. The molecule has 0 fully saturated rings. The fourth-order valence-electron chi connectivity index (χ4n) is 3.23. The number of rotatable bonds is 11. The molecule has 1 N–H and O–H groups in total. The second-order valence-electron chi connectivity index (χ2n) is 7.65. The van der Waals surface area contributed by atoms with Crippen molar-refractivity contribution < 1.29 is 19.1 Å². The monoisotopic (exact) mass is 426 g/mol. The zero-order valence-corrected chi connectivity index (χ0v) is 19.2. The van der Waals surface area contributed by atoms with Crippen molar-refractivity contribution in [2.45, 2.75) is 59.2 Å². The first kappa shape index (κ1) is 24.3. The zero-order valence-electron chi connectivity index (χ0n) is 19.2. The van der Waals surface area contributed by atoms with Crippen molar-refractivity contribution in [3.63, 3.8) is 0 Å². The predicted molar refractivity (Wildman–Crippen MR) is 122 cm³/mol. The Hall–Kier alpha value is -3.02. The van der Waals surface area contributed by atoms with Crippen molar-refractivity contribution in [1.29, 1.82) is 0 Å². The maximum atomic E-state index is 13.2. The van der Waals surface area contributed by atoms with Crippen LogP contribution < -0.4 is 14.8 Å². The van der Waals surface area contributed by atoms with Crippen LogP contribution in [-0.2, 0) is 16.1 Å². The summed E-state index contributed by atoms with van der Waals surface area (Å²) in [4.78, 5) is 27.8. The van der Waals surface area contributed by atoms with Crippen LogP contribution in [0.2, 0.25) is 0 Å². The van der Waals surface area contributed by atoms with Crippen molar-refractivity contribution in [3.8, 4) is 11.5 Å². The number of hydrogen-bond donors (Lipinski definition) is 1. The van der Waals surface area contributed by atoms with Gasteiger partial charge in [-0.3, -0.25) is 9.59 Å². The van der Waals surface area contributed by atoms with E-state index < -0.39 is 6.04 Å². The van der Waals surface area contributed by atoms with Crippen LogP contribution in [0.3, 0.4) is 0 Å². The van der Waals surface area contributed by atoms with Crippen LogP contribution in [0.5, 0.6) is 11.5 Å². The molecule has 0 saturated carbocycles. The summed E-state index contributed by atoms with van der Waals surface area (Å²) >= 11 is 0. The van der Waals surface area contributed by atoms with Gasteiger partial charge >= 0.3 is 0 Å². The second-order valence-corrected chi connectivity index (χ2v) is 7.65. The summed E-state index contributed by atoms with van der Waals surface area (Å²) in [5.74, 6) is 0.920. The van der Waals surface area contributed by atoms with Crippen molar-refractivity contribution in [1.82, 2.24) is 10.2 Å². The Labute approximate surface area is 185 Å². The molecule has 2 aromatic carbocycles. The number of ether oxygens (including phenoxy) is 2. The van der Waals surface area contributed by atoms with E-state index in [2.05, 4.69) is 5.32 Å². The smallest absolute Gasteiger partial charge is 0.261 e. The van der Waals surface area contributed by atoms with E-state index in [-0.39, 0.29) is 24.5 Å². The summed E-state index contributed by atoms with van der Waals surface area (Å²) < 4.78 is 10.9. The highest BCUT2D eigenvalue weighted by molar-refractivity contribution is 5.88. The largest absolute Gasteiger partial charge is 0.497 e. The molecule has 6 heteroatoms. The minimum Gasteiger partial charge on any atom is -0.497 e. The summed E-state index contributed by atoms with van der Waals surface area (Å²) in [7, 11) is 1.60. The summed E-state index contributed by atoms with van der Waals surface area (Å²) in [5.41, 5.74) is 2.09. The molecule has 0 bridgehead atoms. The quantitative estimate of drug-likeness (QED) is 0.587. The molecule has 2 rings (SSSR count). The molecule has 6 nitrogen and oxygen atoms in total. The van der Waals surface area contributed by atoms with E-state index in [4.69, 9.17) is 9.47 Å². The molecule has 0 spiro atoms. The maximum Gasteiger partial charge on any atom is 0.261 e. The van der Waals surface area contributed by atoms with Gasteiger partial charge in [0, 0.05) is 12.6 Å². The molecule has 0 radical (unpaired) electrons. The minimum atomic E-state index is -0.569. The Bertz CT molecular complexity index is 851. The lowest BCUT2D eigenvalue weighted by atomic mass is 10.1. The van der Waals surface area contributed by atoms with Crippen molar-refractivity contribution in [2.75, 3.05) is 13.7 Å². The average Bonchev–Trinajstić information content (AvgIpc) is 2.78. The highest BCUT2D eigenvalue weighted by Crippen LogP contribution is 2.19. The normalized spacial score (nSPS) is 12.5. The molecule has 2 aromatic rings. The lowest BCUT2D eigenvalue weighted by Crippen LogP contribution is -2.51. The fraction of sp³-hybridized carbons (Fsp3) is 0.440. The predicted octanol–water partition coefficient (Wildman–Crippen LogP) is 4.10. The number of amides is 2. The Kier molecular flexibility index (Phi) is 9.38. The second kappa shape index (κ2) is 12.0. The van der Waals surface area contributed by atoms with Gasteiger partial charge in [0.1, 0.15) is 17.5 Å². The van der Waals surface area contributed by atoms with Gasteiger partial charge in [-0.2, -0.15) is 0 Å². The number of nitrogens with zero attached hydrogens (tertiary/aromatic N) is 1. The van der Waals surface area contributed by atoms with Gasteiger partial charge in [0.15, 0.2) is 6.61 Å². The van der Waals surface area contributed by atoms with E-state index >= 15 is 0 Å². The van der Waals surface area contributed by atoms with Crippen LogP contribution in [0.25, 0.3) is 0 Å². The van der Waals surface area contributed by atoms with Crippen molar-refractivity contribution >= 4 is 11.8 Å². The van der Waals surface area contributed by atoms with E-state index in [9.17, 15) is 9.59 Å². The average molecular weight is 427 g/mol. The highest BCUT2D eigenvalue weighted by Gasteiger charge is 2.29. The topological polar surface area (TPSA) is 67.9 Å². The Morgan fingerprint density at radius 3 is 2.23 bits per heavy atom. The summed E-state index contributed by atoms with van der Waals surface area (Å²) in [6.07, 6.45) is 1.34. The van der Waals surface area contributed by atoms with Crippen LogP contribution in [0, 0.1) is 6.92 Å². The molecule has 0 aliphatic heterocycles. The van der Waals surface area contributed by atoms with Gasteiger partial charge in [-0.05, 0) is 62.1 Å². The molecule has 2 atom stereocenters. The van der Waals surface area contributed by atoms with Gasteiger partial charge in [0.05, 0.1) is 7.11 Å². The van der Waals surface area contributed by atoms with Crippen molar-refractivity contribution in [3.05, 3.63) is 59.7 Å². The van der Waals surface area contributed by atoms with E-state index in [1.807, 2.05) is 52.0 Å². The third-order valence-electron chi connectivity index (χ3n) is 5.41. The van der Waals surface area contributed by atoms with E-state index in [1.54, 1.807) is 36.3 Å². The molecule has 31 heavy (non-hydrogen) atoms. The van der Waals surface area contributed by atoms with Gasteiger partial charge in [-0.25, -0.2) is 0 Å². The Morgan fingerprint density at radius 1 is 1.00 bits per heavy atom. The van der Waals surface area contributed by atoms with Crippen molar-refractivity contribution in [2.24, 2.45) is 0 Å². The fourth-order valence-corrected chi connectivity index (χ4v) is 3.23. The molecule has 0 aliphatic rings. The molecule has 0 saturated heterocycles. The highest BCUT2D eigenvalue weighted by atomic mass is 16.5. The van der Waals surface area contributed by atoms with Crippen LogP contribution in [-0.4, -0.2) is 42.5 Å². The minimum absolute atomic E-state index is 0.0486. The number of carbonyl (C=O) groups is 2. The van der Waals surface area contributed by atoms with E-state index in [0.717, 1.165) is 17.5 Å². The molecule has 0 aromatic heterocycles. The number of hydrogen-bond acceptors (Lipinski definition) is 4. The molecule has 0 unspecified atom stereocenters. The Balaban J connectivity index is 2.20. The van der Waals surface area contributed by atoms with Crippen LogP contribution in [0.1, 0.15) is 44.7 Å². The zero-order chi connectivity index (χ0) is 22.8. The molecular formula is C25H34N2O4. The number of nitrogens with one attached hydrogen (secondary N) is 1. The third-order valence-corrected chi connectivity index (χ3v) is 5.41. The first-order valence-electron chi connectivity index (χ1n) is 10.8. The van der Waals surface area contributed by atoms with Gasteiger partial charge in [0.2, 0.25) is 5.91 Å². The number of carbonyl (C=O) groups excluding carboxylic acids is 2. The molecular weight excluding hydrogens is 392 g/mol. The van der Waals surface area contributed by atoms with E-state index in [0.29, 0.717) is 24.5 Å². The Morgan fingerprint density at radius 2 is 1.65 bits per heavy atom. The SMILES string of the molecule is CC[C@H](C)NC(=O)[C@H](CC)N(Cc1ccccc1C)C(=O)COc1ccc(OC)cc1. The summed E-state index contributed by atoms with van der Waals surface area (Å²) in [5, 5.41) is 3.02. The summed E-state index contributed by atoms with van der Waals surface area (Å²) in [6, 6.07) is 14.4. The van der Waals surface area contributed by atoms with Crippen LogP contribution in [0.15, 0.2) is 48.5 Å². The van der Waals surface area contributed by atoms with Gasteiger partial charge in [-0.1, -0.05) is 38.1 Å². The molecule has 168 valence electrons. The maximum absolute atomic E-state index is 13.2. The van der Waals surface area contributed by atoms with Crippen LogP contribution >= 0.6 is 0 Å². The number of aryl methyl sites for hydroxylation is 1. The van der Waals surface area contributed by atoms with Gasteiger partial charge < -0.3 is 19.7 Å². The lowest BCUT2D eigenvalue weighted by Gasteiger charge is -2.31. The van der Waals surface area contributed by atoms with Crippen LogP contribution in [0.4, 0.5) is 0 Å². The molecule has 2 amide bonds. The first-order valence-corrected chi connectivity index (χ1v) is 10.8. The standard InChI is InChI=1S/C25H34N2O4/c1-6-19(4)26-25(29)23(7-2)27(16-20-11-9-8-10-18(20)3)24(28)17-31-22-14-12-21(30-5)13-15-22/h8-15,19,23H,6-7,16-17H2,1-5H3,(H,26,29)/t19-,23-/m0/s1. The molecule has 0 heterocycles. The third kappa shape index (κ3) is 7.02. The number of methoxy groups -OCH3 is 1. The summed E-state index contributed by atoms with van der Waals surface area (Å²) in [6.45, 7) is 8.11.